The molecule has 1 fully saturated rings. The van der Waals surface area contributed by atoms with Gasteiger partial charge in [-0.15, -0.1) is 0 Å². The van der Waals surface area contributed by atoms with Crippen molar-refractivity contribution in [3.05, 3.63) is 60.2 Å². The van der Waals surface area contributed by atoms with Crippen molar-refractivity contribution >= 4 is 15.5 Å². The molecule has 0 amide bonds. The van der Waals surface area contributed by atoms with Crippen molar-refractivity contribution in [2.75, 3.05) is 24.7 Å². The number of likely N-dealkylation sites (tertiary alicyclic amines) is 1. The fourth-order valence-corrected chi connectivity index (χ4v) is 3.74. The largest absolute Gasteiger partial charge is 0.382 e. The third-order valence-corrected chi connectivity index (χ3v) is 5.62. The van der Waals surface area contributed by atoms with E-state index in [1.54, 1.807) is 12.1 Å². The number of benzene rings is 2. The summed E-state index contributed by atoms with van der Waals surface area (Å²) in [5.41, 5.74) is 2.35. The van der Waals surface area contributed by atoms with E-state index in [1.165, 1.54) is 11.8 Å². The molecule has 24 heavy (non-hydrogen) atoms. The van der Waals surface area contributed by atoms with Gasteiger partial charge in [-0.05, 0) is 42.7 Å². The molecule has 1 aliphatic rings. The maximum absolute atomic E-state index is 11.5. The van der Waals surface area contributed by atoms with Crippen LogP contribution in [0.25, 0.3) is 0 Å². The van der Waals surface area contributed by atoms with E-state index in [1.807, 2.05) is 12.1 Å². The molecule has 1 heterocycles. The predicted octanol–water partition coefficient (Wildman–Crippen LogP) is 3.17. The SMILES string of the molecule is CS(=O)(=O)c1ccc(NC2CCN(Cc3ccccc3)CC2)cc1. The lowest BCUT2D eigenvalue weighted by Gasteiger charge is -2.33. The average molecular weight is 344 g/mol. The van der Waals surface area contributed by atoms with Crippen molar-refractivity contribution in [3.8, 4) is 0 Å². The molecule has 2 aromatic rings. The van der Waals surface area contributed by atoms with Crippen LogP contribution in [-0.2, 0) is 16.4 Å². The Bertz CT molecular complexity index is 750. The van der Waals surface area contributed by atoms with Gasteiger partial charge in [-0.25, -0.2) is 8.42 Å². The minimum absolute atomic E-state index is 0.366. The van der Waals surface area contributed by atoms with E-state index in [0.717, 1.165) is 38.2 Å². The maximum Gasteiger partial charge on any atom is 0.175 e. The number of anilines is 1. The van der Waals surface area contributed by atoms with Gasteiger partial charge < -0.3 is 5.32 Å². The first-order chi connectivity index (χ1) is 11.5. The Morgan fingerprint density at radius 3 is 2.21 bits per heavy atom. The Morgan fingerprint density at radius 1 is 1.00 bits per heavy atom. The van der Waals surface area contributed by atoms with Crippen LogP contribution in [0.3, 0.4) is 0 Å². The summed E-state index contributed by atoms with van der Waals surface area (Å²) in [6, 6.07) is 18.1. The molecule has 1 aliphatic heterocycles. The van der Waals surface area contributed by atoms with Gasteiger partial charge in [-0.3, -0.25) is 4.90 Å². The number of nitrogens with zero attached hydrogens (tertiary/aromatic N) is 1. The van der Waals surface area contributed by atoms with Crippen molar-refractivity contribution in [3.63, 3.8) is 0 Å². The first-order valence-electron chi connectivity index (χ1n) is 8.34. The summed E-state index contributed by atoms with van der Waals surface area (Å²) < 4.78 is 23.0. The van der Waals surface area contributed by atoms with Crippen LogP contribution in [0.4, 0.5) is 5.69 Å². The van der Waals surface area contributed by atoms with E-state index in [2.05, 4.69) is 40.5 Å². The highest BCUT2D eigenvalue weighted by Crippen LogP contribution is 2.20. The molecule has 3 rings (SSSR count). The van der Waals surface area contributed by atoms with Crippen molar-refractivity contribution < 1.29 is 8.42 Å². The second kappa shape index (κ2) is 7.36. The van der Waals surface area contributed by atoms with E-state index in [0.29, 0.717) is 10.9 Å². The van der Waals surface area contributed by atoms with Gasteiger partial charge in [0.15, 0.2) is 9.84 Å². The first-order valence-corrected chi connectivity index (χ1v) is 10.2. The Labute approximate surface area is 144 Å². The lowest BCUT2D eigenvalue weighted by atomic mass is 10.0. The fourth-order valence-electron chi connectivity index (χ4n) is 3.11. The normalized spacial score (nSPS) is 16.9. The molecule has 0 saturated carbocycles. The molecule has 0 spiro atoms. The fraction of sp³-hybridized carbons (Fsp3) is 0.368. The highest BCUT2D eigenvalue weighted by atomic mass is 32.2. The minimum atomic E-state index is -3.12. The van der Waals surface area contributed by atoms with E-state index in [9.17, 15) is 8.42 Å². The van der Waals surface area contributed by atoms with Gasteiger partial charge in [0.1, 0.15) is 0 Å². The summed E-state index contributed by atoms with van der Waals surface area (Å²) in [4.78, 5) is 2.85. The molecule has 128 valence electrons. The van der Waals surface area contributed by atoms with Crippen LogP contribution in [0.1, 0.15) is 18.4 Å². The Hall–Kier alpha value is -1.85. The summed E-state index contributed by atoms with van der Waals surface area (Å²) in [6.45, 7) is 3.17. The zero-order valence-corrected chi connectivity index (χ0v) is 14.8. The van der Waals surface area contributed by atoms with Crippen molar-refractivity contribution in [1.29, 1.82) is 0 Å². The molecule has 0 unspecified atom stereocenters. The topological polar surface area (TPSA) is 49.4 Å². The lowest BCUT2D eigenvalue weighted by molar-refractivity contribution is 0.211. The second-order valence-corrected chi connectivity index (χ2v) is 8.49. The summed E-state index contributed by atoms with van der Waals surface area (Å²) >= 11 is 0. The molecule has 5 heteroatoms. The first kappa shape index (κ1) is 17.0. The molecular formula is C19H24N2O2S. The van der Waals surface area contributed by atoms with Gasteiger partial charge in [0.2, 0.25) is 0 Å². The highest BCUT2D eigenvalue weighted by Gasteiger charge is 2.19. The van der Waals surface area contributed by atoms with E-state index in [4.69, 9.17) is 0 Å². The van der Waals surface area contributed by atoms with Gasteiger partial charge in [-0.1, -0.05) is 30.3 Å². The van der Waals surface area contributed by atoms with Gasteiger partial charge in [-0.2, -0.15) is 0 Å². The maximum atomic E-state index is 11.5. The van der Waals surface area contributed by atoms with Gasteiger partial charge >= 0.3 is 0 Å². The van der Waals surface area contributed by atoms with Crippen LogP contribution < -0.4 is 5.32 Å². The number of sulfone groups is 1. The molecule has 0 radical (unpaired) electrons. The third-order valence-electron chi connectivity index (χ3n) is 4.49. The molecule has 0 aliphatic carbocycles. The number of hydrogen-bond donors (Lipinski definition) is 1. The predicted molar refractivity (Wildman–Crippen MR) is 97.9 cm³/mol. The molecule has 1 saturated heterocycles. The number of rotatable bonds is 5. The van der Waals surface area contributed by atoms with Crippen LogP contribution in [0.5, 0.6) is 0 Å². The van der Waals surface area contributed by atoms with Crippen molar-refractivity contribution in [1.82, 2.24) is 4.90 Å². The van der Waals surface area contributed by atoms with Gasteiger partial charge in [0.05, 0.1) is 4.90 Å². The number of hydrogen-bond acceptors (Lipinski definition) is 4. The average Bonchev–Trinajstić information content (AvgIpc) is 2.57. The van der Waals surface area contributed by atoms with Gasteiger partial charge in [0.25, 0.3) is 0 Å². The van der Waals surface area contributed by atoms with Crippen LogP contribution in [-0.4, -0.2) is 38.7 Å². The Kier molecular flexibility index (Phi) is 5.21. The third kappa shape index (κ3) is 4.58. The molecule has 1 N–H and O–H groups in total. The molecule has 2 aromatic carbocycles. The quantitative estimate of drug-likeness (QED) is 0.905. The van der Waals surface area contributed by atoms with E-state index in [-0.39, 0.29) is 0 Å². The van der Waals surface area contributed by atoms with Crippen molar-refractivity contribution in [2.45, 2.75) is 30.3 Å². The van der Waals surface area contributed by atoms with Crippen LogP contribution >= 0.6 is 0 Å². The smallest absolute Gasteiger partial charge is 0.175 e. The molecule has 0 aromatic heterocycles. The lowest BCUT2D eigenvalue weighted by Crippen LogP contribution is -2.38. The minimum Gasteiger partial charge on any atom is -0.382 e. The summed E-state index contributed by atoms with van der Waals surface area (Å²) in [7, 11) is -3.12. The summed E-state index contributed by atoms with van der Waals surface area (Å²) in [5, 5.41) is 3.52. The van der Waals surface area contributed by atoms with E-state index >= 15 is 0 Å². The zero-order chi connectivity index (χ0) is 17.0. The van der Waals surface area contributed by atoms with Crippen molar-refractivity contribution in [2.24, 2.45) is 0 Å². The molecule has 0 atom stereocenters. The second-order valence-electron chi connectivity index (χ2n) is 6.48. The highest BCUT2D eigenvalue weighted by molar-refractivity contribution is 7.90. The molecule has 0 bridgehead atoms. The zero-order valence-electron chi connectivity index (χ0n) is 14.0. The number of nitrogens with one attached hydrogen (secondary N) is 1. The van der Waals surface area contributed by atoms with Crippen LogP contribution in [0, 0.1) is 0 Å². The van der Waals surface area contributed by atoms with Crippen LogP contribution in [0.15, 0.2) is 59.5 Å². The van der Waals surface area contributed by atoms with Gasteiger partial charge in [0, 0.05) is 37.6 Å². The molecular weight excluding hydrogens is 320 g/mol. The standard InChI is InChI=1S/C19H24N2O2S/c1-24(22,23)19-9-7-17(8-10-19)20-18-11-13-21(14-12-18)15-16-5-3-2-4-6-16/h2-10,18,20H,11-15H2,1H3. The Balaban J connectivity index is 1.50. The van der Waals surface area contributed by atoms with E-state index < -0.39 is 9.84 Å². The summed E-state index contributed by atoms with van der Waals surface area (Å²) in [5.74, 6) is 0. The van der Waals surface area contributed by atoms with Crippen LogP contribution in [0.2, 0.25) is 0 Å². The Morgan fingerprint density at radius 2 is 1.62 bits per heavy atom. The summed E-state index contributed by atoms with van der Waals surface area (Å²) in [6.07, 6.45) is 3.43. The number of piperidine rings is 1. The molecule has 4 nitrogen and oxygen atoms in total. The monoisotopic (exact) mass is 344 g/mol.